The molecule has 0 aromatic heterocycles. The Kier molecular flexibility index (Phi) is 4.80. The van der Waals surface area contributed by atoms with Gasteiger partial charge in [-0.1, -0.05) is 13.8 Å². The Morgan fingerprint density at radius 1 is 1.25 bits per heavy atom. The van der Waals surface area contributed by atoms with Crippen LogP contribution in [0.25, 0.3) is 0 Å². The highest BCUT2D eigenvalue weighted by molar-refractivity contribution is 5.49. The SMILES string of the molecule is COc1cc2c(cc1OC)[C@H]1C[C@@](C)(O)[C@H](CC(C)C)CN1CC2. The summed E-state index contributed by atoms with van der Waals surface area (Å²) in [6, 6.07) is 4.50. The van der Waals surface area contributed by atoms with Crippen molar-refractivity contribution in [2.24, 2.45) is 11.8 Å². The predicted octanol–water partition coefficient (Wildman–Crippen LogP) is 3.42. The number of nitrogens with zero attached hydrogens (tertiary/aromatic N) is 1. The predicted molar refractivity (Wildman–Crippen MR) is 95.7 cm³/mol. The standard InChI is InChI=1S/C20H31NO3/c1-13(2)8-15-12-21-7-6-14-9-18(23-4)19(24-5)10-16(14)17(21)11-20(15,3)22/h9-10,13,15,17,22H,6-8,11-12H2,1-5H3/t15-,17-,20-/m1/s1. The number of piperidine rings is 1. The number of fused-ring (bicyclic) bond motifs is 3. The van der Waals surface area contributed by atoms with Gasteiger partial charge < -0.3 is 14.6 Å². The van der Waals surface area contributed by atoms with E-state index in [4.69, 9.17) is 9.47 Å². The lowest BCUT2D eigenvalue weighted by molar-refractivity contribution is -0.0910. The van der Waals surface area contributed by atoms with Gasteiger partial charge in [-0.05, 0) is 55.4 Å². The van der Waals surface area contributed by atoms with Crippen molar-refractivity contribution in [3.63, 3.8) is 0 Å². The molecule has 1 N–H and O–H groups in total. The van der Waals surface area contributed by atoms with Gasteiger partial charge in [-0.2, -0.15) is 0 Å². The average Bonchev–Trinajstić information content (AvgIpc) is 2.53. The summed E-state index contributed by atoms with van der Waals surface area (Å²) in [4.78, 5) is 2.55. The van der Waals surface area contributed by atoms with Crippen LogP contribution >= 0.6 is 0 Å². The molecule has 1 aromatic rings. The van der Waals surface area contributed by atoms with Gasteiger partial charge in [-0.3, -0.25) is 4.90 Å². The molecule has 0 aliphatic carbocycles. The highest BCUT2D eigenvalue weighted by Gasteiger charge is 2.44. The first-order valence-corrected chi connectivity index (χ1v) is 9.07. The quantitative estimate of drug-likeness (QED) is 0.917. The third kappa shape index (κ3) is 3.14. The Balaban J connectivity index is 1.92. The summed E-state index contributed by atoms with van der Waals surface area (Å²) in [5.41, 5.74) is 2.00. The van der Waals surface area contributed by atoms with E-state index < -0.39 is 5.60 Å². The van der Waals surface area contributed by atoms with Crippen LogP contribution < -0.4 is 9.47 Å². The molecule has 0 unspecified atom stereocenters. The van der Waals surface area contributed by atoms with Crippen LogP contribution in [0.1, 0.15) is 50.8 Å². The Morgan fingerprint density at radius 2 is 1.92 bits per heavy atom. The van der Waals surface area contributed by atoms with Gasteiger partial charge in [0.2, 0.25) is 0 Å². The van der Waals surface area contributed by atoms with E-state index in [1.807, 2.05) is 6.92 Å². The molecule has 2 aliphatic heterocycles. The first-order chi connectivity index (χ1) is 11.4. The van der Waals surface area contributed by atoms with Crippen LogP contribution in [0.3, 0.4) is 0 Å². The third-order valence-electron chi connectivity index (χ3n) is 5.81. The summed E-state index contributed by atoms with van der Waals surface area (Å²) in [7, 11) is 3.36. The van der Waals surface area contributed by atoms with Crippen LogP contribution in [-0.2, 0) is 6.42 Å². The van der Waals surface area contributed by atoms with Gasteiger partial charge in [0, 0.05) is 25.0 Å². The van der Waals surface area contributed by atoms with E-state index in [2.05, 4.69) is 30.9 Å². The lowest BCUT2D eigenvalue weighted by Gasteiger charge is -2.50. The van der Waals surface area contributed by atoms with Crippen molar-refractivity contribution in [2.75, 3.05) is 27.3 Å². The van der Waals surface area contributed by atoms with Gasteiger partial charge in [-0.25, -0.2) is 0 Å². The van der Waals surface area contributed by atoms with Crippen LogP contribution in [-0.4, -0.2) is 42.9 Å². The Labute approximate surface area is 145 Å². The minimum Gasteiger partial charge on any atom is -0.493 e. The van der Waals surface area contributed by atoms with Crippen molar-refractivity contribution in [2.45, 2.75) is 51.7 Å². The molecule has 0 saturated carbocycles. The molecule has 1 fully saturated rings. The molecule has 0 radical (unpaired) electrons. The zero-order chi connectivity index (χ0) is 17.5. The summed E-state index contributed by atoms with van der Waals surface area (Å²) in [5, 5.41) is 11.1. The van der Waals surface area contributed by atoms with Crippen LogP contribution in [0, 0.1) is 11.8 Å². The fourth-order valence-electron chi connectivity index (χ4n) is 4.47. The first-order valence-electron chi connectivity index (χ1n) is 9.07. The second-order valence-corrected chi connectivity index (χ2v) is 8.05. The lowest BCUT2D eigenvalue weighted by atomic mass is 9.72. The van der Waals surface area contributed by atoms with Crippen LogP contribution in [0.15, 0.2) is 12.1 Å². The molecule has 134 valence electrons. The van der Waals surface area contributed by atoms with E-state index >= 15 is 0 Å². The van der Waals surface area contributed by atoms with E-state index in [1.54, 1.807) is 14.2 Å². The topological polar surface area (TPSA) is 41.9 Å². The fraction of sp³-hybridized carbons (Fsp3) is 0.700. The minimum absolute atomic E-state index is 0.270. The summed E-state index contributed by atoms with van der Waals surface area (Å²) >= 11 is 0. The van der Waals surface area contributed by atoms with Crippen LogP contribution in [0.4, 0.5) is 0 Å². The summed E-state index contributed by atoms with van der Waals surface area (Å²) < 4.78 is 11.0. The van der Waals surface area contributed by atoms with Crippen molar-refractivity contribution < 1.29 is 14.6 Å². The van der Waals surface area contributed by atoms with Crippen molar-refractivity contribution >= 4 is 0 Å². The smallest absolute Gasteiger partial charge is 0.161 e. The molecule has 3 rings (SSSR count). The molecule has 4 heteroatoms. The zero-order valence-electron chi connectivity index (χ0n) is 15.6. The lowest BCUT2D eigenvalue weighted by Crippen LogP contribution is -2.53. The molecule has 2 heterocycles. The monoisotopic (exact) mass is 333 g/mol. The number of methoxy groups -OCH3 is 2. The number of hydrogen-bond acceptors (Lipinski definition) is 4. The number of aliphatic hydroxyl groups is 1. The molecule has 0 amide bonds. The molecular formula is C20H31NO3. The van der Waals surface area contributed by atoms with Gasteiger partial charge in [0.1, 0.15) is 0 Å². The van der Waals surface area contributed by atoms with Gasteiger partial charge in [0.15, 0.2) is 11.5 Å². The molecule has 1 saturated heterocycles. The van der Waals surface area contributed by atoms with E-state index in [1.165, 1.54) is 11.1 Å². The fourth-order valence-corrected chi connectivity index (χ4v) is 4.47. The van der Waals surface area contributed by atoms with E-state index in [9.17, 15) is 5.11 Å². The molecule has 3 atom stereocenters. The van der Waals surface area contributed by atoms with Crippen LogP contribution in [0.5, 0.6) is 11.5 Å². The van der Waals surface area contributed by atoms with E-state index in [0.29, 0.717) is 11.8 Å². The van der Waals surface area contributed by atoms with Gasteiger partial charge in [-0.15, -0.1) is 0 Å². The molecule has 2 aliphatic rings. The van der Waals surface area contributed by atoms with E-state index in [0.717, 1.165) is 43.9 Å². The second kappa shape index (κ2) is 6.57. The van der Waals surface area contributed by atoms with Crippen molar-refractivity contribution in [3.8, 4) is 11.5 Å². The average molecular weight is 333 g/mol. The summed E-state index contributed by atoms with van der Waals surface area (Å²) in [5.74, 6) is 2.53. The van der Waals surface area contributed by atoms with Gasteiger partial charge in [0.25, 0.3) is 0 Å². The summed E-state index contributed by atoms with van der Waals surface area (Å²) in [6.07, 6.45) is 2.89. The maximum Gasteiger partial charge on any atom is 0.161 e. The highest BCUT2D eigenvalue weighted by atomic mass is 16.5. The van der Waals surface area contributed by atoms with Crippen molar-refractivity contribution in [1.82, 2.24) is 4.90 Å². The molecular weight excluding hydrogens is 302 g/mol. The highest BCUT2D eigenvalue weighted by Crippen LogP contribution is 2.46. The summed E-state index contributed by atoms with van der Waals surface area (Å²) in [6.45, 7) is 8.53. The van der Waals surface area contributed by atoms with Gasteiger partial charge >= 0.3 is 0 Å². The second-order valence-electron chi connectivity index (χ2n) is 8.05. The largest absolute Gasteiger partial charge is 0.493 e. The zero-order valence-corrected chi connectivity index (χ0v) is 15.6. The maximum absolute atomic E-state index is 11.1. The number of hydrogen-bond donors (Lipinski definition) is 1. The third-order valence-corrected chi connectivity index (χ3v) is 5.81. The Hall–Kier alpha value is -1.26. The molecule has 24 heavy (non-hydrogen) atoms. The molecule has 0 bridgehead atoms. The number of ether oxygens (including phenoxy) is 2. The normalized spacial score (nSPS) is 30.0. The number of rotatable bonds is 4. The van der Waals surface area contributed by atoms with Crippen molar-refractivity contribution in [1.29, 1.82) is 0 Å². The Morgan fingerprint density at radius 3 is 2.54 bits per heavy atom. The van der Waals surface area contributed by atoms with E-state index in [-0.39, 0.29) is 6.04 Å². The molecule has 1 aromatic carbocycles. The minimum atomic E-state index is -0.618. The maximum atomic E-state index is 11.1. The molecule has 0 spiro atoms. The van der Waals surface area contributed by atoms with Gasteiger partial charge in [0.05, 0.1) is 19.8 Å². The Bertz CT molecular complexity index is 597. The number of benzene rings is 1. The molecule has 4 nitrogen and oxygen atoms in total. The van der Waals surface area contributed by atoms with Crippen molar-refractivity contribution in [3.05, 3.63) is 23.3 Å². The van der Waals surface area contributed by atoms with Crippen LogP contribution in [0.2, 0.25) is 0 Å². The first kappa shape index (κ1) is 17.6.